The third kappa shape index (κ3) is 2.67. The second-order valence-electron chi connectivity index (χ2n) is 5.69. The van der Waals surface area contributed by atoms with Crippen LogP contribution in [-0.4, -0.2) is 44.9 Å². The van der Waals surface area contributed by atoms with Crippen LogP contribution in [0, 0.1) is 0 Å². The Morgan fingerprint density at radius 1 is 1.39 bits per heavy atom. The van der Waals surface area contributed by atoms with Crippen molar-refractivity contribution in [2.75, 3.05) is 13.6 Å². The largest absolute Gasteiger partial charge is 0.355 e. The summed E-state index contributed by atoms with van der Waals surface area (Å²) >= 11 is 0. The molecule has 0 aromatic carbocycles. The number of amides is 2. The molecular formula is C16H21N5O2. The van der Waals surface area contributed by atoms with Crippen LogP contribution in [-0.2, 0) is 4.79 Å². The van der Waals surface area contributed by atoms with Gasteiger partial charge in [0.05, 0.1) is 17.9 Å². The highest BCUT2D eigenvalue weighted by atomic mass is 16.2. The number of nitrogens with one attached hydrogen (secondary N) is 1. The Hall–Kier alpha value is -2.44. The number of rotatable bonds is 3. The minimum absolute atomic E-state index is 0.0147. The zero-order valence-electron chi connectivity index (χ0n) is 13.5. The molecule has 0 aliphatic carbocycles. The third-order valence-electron chi connectivity index (χ3n) is 4.37. The molecule has 1 aliphatic heterocycles. The molecule has 2 aromatic heterocycles. The summed E-state index contributed by atoms with van der Waals surface area (Å²) in [6.45, 7) is 2.65. The van der Waals surface area contributed by atoms with Gasteiger partial charge in [0.1, 0.15) is 5.56 Å². The van der Waals surface area contributed by atoms with Gasteiger partial charge in [0.2, 0.25) is 5.91 Å². The molecule has 1 unspecified atom stereocenters. The predicted molar refractivity (Wildman–Crippen MR) is 85.0 cm³/mol. The number of carbonyl (C=O) groups is 2. The number of aromatic nitrogens is 3. The van der Waals surface area contributed by atoms with Crippen molar-refractivity contribution in [1.82, 2.24) is 24.8 Å². The number of piperidine rings is 1. The van der Waals surface area contributed by atoms with Crippen LogP contribution >= 0.6 is 0 Å². The summed E-state index contributed by atoms with van der Waals surface area (Å²) in [5.41, 5.74) is 1.88. The van der Waals surface area contributed by atoms with E-state index in [0.717, 1.165) is 31.5 Å². The second kappa shape index (κ2) is 6.36. The van der Waals surface area contributed by atoms with Crippen molar-refractivity contribution < 1.29 is 9.59 Å². The summed E-state index contributed by atoms with van der Waals surface area (Å²) in [5, 5.41) is 6.94. The van der Waals surface area contributed by atoms with Crippen LogP contribution in [0.2, 0.25) is 0 Å². The lowest BCUT2D eigenvalue weighted by atomic mass is 9.98. The quantitative estimate of drug-likeness (QED) is 0.932. The number of likely N-dealkylation sites (tertiary alicyclic amines) is 1. The summed E-state index contributed by atoms with van der Waals surface area (Å²) in [5.74, 6) is -0.0619. The Bertz CT molecular complexity index is 739. The average molecular weight is 315 g/mol. The van der Waals surface area contributed by atoms with Crippen molar-refractivity contribution >= 4 is 17.5 Å². The van der Waals surface area contributed by atoms with E-state index in [1.54, 1.807) is 17.8 Å². The van der Waals surface area contributed by atoms with E-state index in [2.05, 4.69) is 15.4 Å². The highest BCUT2D eigenvalue weighted by molar-refractivity contribution is 5.99. The normalized spacial score (nSPS) is 18.2. The number of fused-ring (bicyclic) bond motifs is 1. The molecule has 2 aromatic rings. The Morgan fingerprint density at radius 3 is 2.96 bits per heavy atom. The molecule has 23 heavy (non-hydrogen) atoms. The van der Waals surface area contributed by atoms with Gasteiger partial charge >= 0.3 is 0 Å². The maximum atomic E-state index is 12.3. The first-order valence-electron chi connectivity index (χ1n) is 8.01. The van der Waals surface area contributed by atoms with Crippen molar-refractivity contribution in [2.45, 2.75) is 38.6 Å². The Morgan fingerprint density at radius 2 is 2.22 bits per heavy atom. The zero-order valence-corrected chi connectivity index (χ0v) is 13.5. The Kier molecular flexibility index (Phi) is 4.27. The van der Waals surface area contributed by atoms with E-state index in [9.17, 15) is 9.59 Å². The van der Waals surface area contributed by atoms with Gasteiger partial charge in [-0.15, -0.1) is 0 Å². The summed E-state index contributed by atoms with van der Waals surface area (Å²) in [4.78, 5) is 30.4. The van der Waals surface area contributed by atoms with Crippen molar-refractivity contribution in [3.63, 3.8) is 0 Å². The van der Waals surface area contributed by atoms with E-state index in [1.165, 1.54) is 6.20 Å². The maximum absolute atomic E-state index is 12.3. The first-order valence-corrected chi connectivity index (χ1v) is 8.01. The van der Waals surface area contributed by atoms with E-state index in [4.69, 9.17) is 0 Å². The molecule has 1 aliphatic rings. The van der Waals surface area contributed by atoms with E-state index in [1.807, 2.05) is 17.9 Å². The van der Waals surface area contributed by atoms with Gasteiger partial charge in [0.25, 0.3) is 5.91 Å². The smallest absolute Gasteiger partial charge is 0.256 e. The van der Waals surface area contributed by atoms with Gasteiger partial charge in [0, 0.05) is 26.2 Å². The lowest BCUT2D eigenvalue weighted by Gasteiger charge is -2.35. The molecule has 3 heterocycles. The van der Waals surface area contributed by atoms with Crippen LogP contribution in [0.15, 0.2) is 18.5 Å². The molecule has 122 valence electrons. The molecule has 0 bridgehead atoms. The lowest BCUT2D eigenvalue weighted by molar-refractivity contribution is -0.134. The van der Waals surface area contributed by atoms with Crippen LogP contribution in [0.25, 0.3) is 5.65 Å². The molecule has 1 N–H and O–H groups in total. The van der Waals surface area contributed by atoms with Gasteiger partial charge in [-0.25, -0.2) is 9.50 Å². The third-order valence-corrected chi connectivity index (χ3v) is 4.37. The minimum atomic E-state index is -0.213. The summed E-state index contributed by atoms with van der Waals surface area (Å²) < 4.78 is 1.69. The molecule has 0 radical (unpaired) electrons. The van der Waals surface area contributed by atoms with Gasteiger partial charge in [-0.1, -0.05) is 6.92 Å². The van der Waals surface area contributed by atoms with Gasteiger partial charge < -0.3 is 10.2 Å². The molecular weight excluding hydrogens is 294 g/mol. The van der Waals surface area contributed by atoms with Gasteiger partial charge in [-0.3, -0.25) is 9.59 Å². The van der Waals surface area contributed by atoms with Crippen molar-refractivity contribution in [2.24, 2.45) is 0 Å². The standard InChI is InChI=1S/C16H21N5O2/c1-3-14(22)20-9-5-4-6-12(20)13-7-8-18-15-11(16(23)17-2)10-19-21(13)15/h7-8,10,12H,3-6,9H2,1-2H3,(H,17,23). The zero-order chi connectivity index (χ0) is 16.4. The van der Waals surface area contributed by atoms with E-state index in [0.29, 0.717) is 17.6 Å². The van der Waals surface area contributed by atoms with Gasteiger partial charge in [-0.05, 0) is 25.3 Å². The van der Waals surface area contributed by atoms with Crippen molar-refractivity contribution in [1.29, 1.82) is 0 Å². The van der Waals surface area contributed by atoms with Gasteiger partial charge in [-0.2, -0.15) is 5.10 Å². The Labute approximate surface area is 134 Å². The molecule has 7 nitrogen and oxygen atoms in total. The molecule has 2 amide bonds. The maximum Gasteiger partial charge on any atom is 0.256 e. The number of carbonyl (C=O) groups excluding carboxylic acids is 2. The number of hydrogen-bond acceptors (Lipinski definition) is 4. The average Bonchev–Trinajstić information content (AvgIpc) is 3.04. The predicted octanol–water partition coefficient (Wildman–Crippen LogP) is 1.55. The Balaban J connectivity index is 2.06. The fourth-order valence-electron chi connectivity index (χ4n) is 3.20. The molecule has 1 fully saturated rings. The summed E-state index contributed by atoms with van der Waals surface area (Å²) in [7, 11) is 1.58. The SMILES string of the molecule is CCC(=O)N1CCCCC1c1ccnc2c(C(=O)NC)cnn12. The summed E-state index contributed by atoms with van der Waals surface area (Å²) in [6.07, 6.45) is 6.71. The molecule has 1 atom stereocenters. The highest BCUT2D eigenvalue weighted by Gasteiger charge is 2.29. The van der Waals surface area contributed by atoms with Crippen LogP contribution in [0.1, 0.15) is 54.7 Å². The first-order chi connectivity index (χ1) is 11.2. The fraction of sp³-hybridized carbons (Fsp3) is 0.500. The van der Waals surface area contributed by atoms with Crippen LogP contribution < -0.4 is 5.32 Å². The van der Waals surface area contributed by atoms with E-state index < -0.39 is 0 Å². The first kappa shape index (κ1) is 15.5. The van der Waals surface area contributed by atoms with Crippen LogP contribution in [0.5, 0.6) is 0 Å². The molecule has 3 rings (SSSR count). The van der Waals surface area contributed by atoms with Crippen molar-refractivity contribution in [3.05, 3.63) is 29.7 Å². The van der Waals surface area contributed by atoms with Crippen LogP contribution in [0.4, 0.5) is 0 Å². The molecule has 0 spiro atoms. The topological polar surface area (TPSA) is 79.6 Å². The van der Waals surface area contributed by atoms with Gasteiger partial charge in [0.15, 0.2) is 5.65 Å². The monoisotopic (exact) mass is 315 g/mol. The van der Waals surface area contributed by atoms with Crippen LogP contribution in [0.3, 0.4) is 0 Å². The molecule has 0 saturated carbocycles. The highest BCUT2D eigenvalue weighted by Crippen LogP contribution is 2.31. The van der Waals surface area contributed by atoms with E-state index >= 15 is 0 Å². The summed E-state index contributed by atoms with van der Waals surface area (Å²) in [6, 6.07) is 1.87. The van der Waals surface area contributed by atoms with Crippen molar-refractivity contribution in [3.8, 4) is 0 Å². The molecule has 1 saturated heterocycles. The second-order valence-corrected chi connectivity index (χ2v) is 5.69. The number of nitrogens with zero attached hydrogens (tertiary/aromatic N) is 4. The molecule has 7 heteroatoms. The fourth-order valence-corrected chi connectivity index (χ4v) is 3.20. The minimum Gasteiger partial charge on any atom is -0.355 e. The van der Waals surface area contributed by atoms with E-state index in [-0.39, 0.29) is 17.9 Å². The lowest BCUT2D eigenvalue weighted by Crippen LogP contribution is -2.39. The number of hydrogen-bond donors (Lipinski definition) is 1.